The molecule has 1 amide bonds. The van der Waals surface area contributed by atoms with E-state index in [2.05, 4.69) is 26.2 Å². The number of aryl methyl sites for hydroxylation is 1. The van der Waals surface area contributed by atoms with Crippen molar-refractivity contribution in [3.63, 3.8) is 0 Å². The largest absolute Gasteiger partial charge is 0.321 e. The van der Waals surface area contributed by atoms with Crippen LogP contribution in [0.3, 0.4) is 0 Å². The second-order valence-corrected chi connectivity index (χ2v) is 4.68. The van der Waals surface area contributed by atoms with Gasteiger partial charge in [-0.2, -0.15) is 0 Å². The Hall–Kier alpha value is -1.95. The minimum absolute atomic E-state index is 0.0906. The summed E-state index contributed by atoms with van der Waals surface area (Å²) in [5.74, 6) is -0.246. The first kappa shape index (κ1) is 13.5. The molecule has 2 heterocycles. The lowest BCUT2D eigenvalue weighted by Crippen LogP contribution is -2.19. The van der Waals surface area contributed by atoms with Crippen molar-refractivity contribution in [3.05, 3.63) is 57.2 Å². The van der Waals surface area contributed by atoms with Crippen LogP contribution in [0.2, 0.25) is 0 Å². The number of carbonyl (C=O) groups excluding carboxylic acids is 1. The Kier molecular flexibility index (Phi) is 4.11. The van der Waals surface area contributed by atoms with Gasteiger partial charge in [0.05, 0.1) is 5.69 Å². The summed E-state index contributed by atoms with van der Waals surface area (Å²) in [5.41, 5.74) is 0.989. The molecule has 0 atom stereocenters. The number of hydrogen-bond donors (Lipinski definition) is 1. The molecule has 0 aliphatic carbocycles. The van der Waals surface area contributed by atoms with Gasteiger partial charge in [0, 0.05) is 30.6 Å². The fourth-order valence-electron chi connectivity index (χ4n) is 1.60. The molecule has 0 fully saturated rings. The summed E-state index contributed by atoms with van der Waals surface area (Å²) < 4.78 is 2.12. The number of pyridine rings is 2. The van der Waals surface area contributed by atoms with Gasteiger partial charge >= 0.3 is 0 Å². The Morgan fingerprint density at radius 3 is 2.89 bits per heavy atom. The number of halogens is 1. The van der Waals surface area contributed by atoms with Gasteiger partial charge in [0.1, 0.15) is 4.60 Å². The van der Waals surface area contributed by atoms with Gasteiger partial charge in [0.15, 0.2) is 0 Å². The smallest absolute Gasteiger partial charge is 0.255 e. The summed E-state index contributed by atoms with van der Waals surface area (Å²) >= 11 is 3.21. The number of anilines is 1. The molecular formula is C13H12BrN3O2. The number of carbonyl (C=O) groups is 1. The first-order valence-corrected chi connectivity index (χ1v) is 6.53. The zero-order valence-corrected chi connectivity index (χ0v) is 11.8. The van der Waals surface area contributed by atoms with E-state index in [9.17, 15) is 9.59 Å². The summed E-state index contributed by atoms with van der Waals surface area (Å²) in [4.78, 5) is 27.4. The summed E-state index contributed by atoms with van der Waals surface area (Å²) in [7, 11) is 0. The molecule has 0 unspecified atom stereocenters. The number of aromatic nitrogens is 2. The van der Waals surface area contributed by atoms with E-state index in [-0.39, 0.29) is 11.5 Å². The highest BCUT2D eigenvalue weighted by molar-refractivity contribution is 9.10. The molecule has 0 spiro atoms. The maximum atomic E-state index is 12.0. The lowest BCUT2D eigenvalue weighted by atomic mass is 10.2. The molecule has 0 aliphatic rings. The predicted octanol–water partition coefficient (Wildman–Crippen LogP) is 2.28. The standard InChI is InChI=1S/C13H12BrN3O2/c1-2-17-8-10(3-4-12(17)18)16-13(19)9-5-6-15-11(14)7-9/h3-8H,2H2,1H3,(H,16,19). The van der Waals surface area contributed by atoms with Crippen LogP contribution < -0.4 is 10.9 Å². The van der Waals surface area contributed by atoms with Crippen molar-refractivity contribution < 1.29 is 4.79 Å². The Morgan fingerprint density at radius 2 is 2.21 bits per heavy atom. The van der Waals surface area contributed by atoms with Crippen LogP contribution in [0.5, 0.6) is 0 Å². The molecule has 98 valence electrons. The van der Waals surface area contributed by atoms with Crippen LogP contribution in [0, 0.1) is 0 Å². The Morgan fingerprint density at radius 1 is 1.42 bits per heavy atom. The van der Waals surface area contributed by atoms with Crippen LogP contribution in [0.15, 0.2) is 46.1 Å². The van der Waals surface area contributed by atoms with Crippen molar-refractivity contribution in [3.8, 4) is 0 Å². The lowest BCUT2D eigenvalue weighted by Gasteiger charge is -2.08. The molecule has 0 bridgehead atoms. The summed E-state index contributed by atoms with van der Waals surface area (Å²) in [6, 6.07) is 6.27. The van der Waals surface area contributed by atoms with Gasteiger partial charge in [0.25, 0.3) is 11.5 Å². The van der Waals surface area contributed by atoms with E-state index >= 15 is 0 Å². The van der Waals surface area contributed by atoms with Gasteiger partial charge in [-0.15, -0.1) is 0 Å². The number of amides is 1. The van der Waals surface area contributed by atoms with Crippen LogP contribution in [-0.2, 0) is 6.54 Å². The monoisotopic (exact) mass is 321 g/mol. The number of nitrogens with one attached hydrogen (secondary N) is 1. The maximum Gasteiger partial charge on any atom is 0.255 e. The normalized spacial score (nSPS) is 10.2. The van der Waals surface area contributed by atoms with E-state index in [1.807, 2.05) is 6.92 Å². The fraction of sp³-hybridized carbons (Fsp3) is 0.154. The zero-order chi connectivity index (χ0) is 13.8. The fourth-order valence-corrected chi connectivity index (χ4v) is 1.96. The maximum absolute atomic E-state index is 12.0. The van der Waals surface area contributed by atoms with Gasteiger partial charge in [-0.25, -0.2) is 4.98 Å². The topological polar surface area (TPSA) is 64.0 Å². The second-order valence-electron chi connectivity index (χ2n) is 3.86. The third kappa shape index (κ3) is 3.29. The van der Waals surface area contributed by atoms with Crippen molar-refractivity contribution >= 4 is 27.5 Å². The van der Waals surface area contributed by atoms with Crippen molar-refractivity contribution in [2.45, 2.75) is 13.5 Å². The Balaban J connectivity index is 2.22. The SMILES string of the molecule is CCn1cc(NC(=O)c2ccnc(Br)c2)ccc1=O. The number of rotatable bonds is 3. The van der Waals surface area contributed by atoms with Crippen LogP contribution in [0.25, 0.3) is 0 Å². The molecule has 1 N–H and O–H groups in total. The van der Waals surface area contributed by atoms with Gasteiger partial charge in [-0.1, -0.05) is 0 Å². The molecule has 2 rings (SSSR count). The van der Waals surface area contributed by atoms with Crippen molar-refractivity contribution in [2.24, 2.45) is 0 Å². The third-order valence-corrected chi connectivity index (χ3v) is 3.00. The zero-order valence-electron chi connectivity index (χ0n) is 10.3. The average molecular weight is 322 g/mol. The molecule has 0 aromatic carbocycles. The molecule has 2 aromatic heterocycles. The summed E-state index contributed by atoms with van der Waals surface area (Å²) in [5, 5.41) is 2.74. The van der Waals surface area contributed by atoms with Crippen molar-refractivity contribution in [1.82, 2.24) is 9.55 Å². The molecule has 0 saturated carbocycles. The van der Waals surface area contributed by atoms with Crippen LogP contribution in [0.1, 0.15) is 17.3 Å². The Bertz CT molecular complexity index is 667. The molecule has 0 saturated heterocycles. The lowest BCUT2D eigenvalue weighted by molar-refractivity contribution is 0.102. The van der Waals surface area contributed by atoms with Gasteiger partial charge in [0.2, 0.25) is 0 Å². The van der Waals surface area contributed by atoms with Crippen LogP contribution in [-0.4, -0.2) is 15.5 Å². The van der Waals surface area contributed by atoms with E-state index in [0.29, 0.717) is 22.4 Å². The Labute approximate surface area is 118 Å². The van der Waals surface area contributed by atoms with E-state index < -0.39 is 0 Å². The quantitative estimate of drug-likeness (QED) is 0.882. The van der Waals surface area contributed by atoms with Crippen molar-refractivity contribution in [2.75, 3.05) is 5.32 Å². The minimum atomic E-state index is -0.246. The molecule has 5 nitrogen and oxygen atoms in total. The molecule has 0 aliphatic heterocycles. The number of nitrogens with zero attached hydrogens (tertiary/aromatic N) is 2. The first-order chi connectivity index (χ1) is 9.10. The highest BCUT2D eigenvalue weighted by Gasteiger charge is 2.07. The van der Waals surface area contributed by atoms with Gasteiger partial charge in [-0.05, 0) is 41.1 Å². The number of hydrogen-bond acceptors (Lipinski definition) is 3. The van der Waals surface area contributed by atoms with Gasteiger partial charge in [-0.3, -0.25) is 9.59 Å². The average Bonchev–Trinajstić information content (AvgIpc) is 2.41. The van der Waals surface area contributed by atoms with E-state index in [4.69, 9.17) is 0 Å². The third-order valence-electron chi connectivity index (χ3n) is 2.57. The van der Waals surface area contributed by atoms with Crippen LogP contribution in [0.4, 0.5) is 5.69 Å². The van der Waals surface area contributed by atoms with Crippen molar-refractivity contribution in [1.29, 1.82) is 0 Å². The van der Waals surface area contributed by atoms with Gasteiger partial charge < -0.3 is 9.88 Å². The molecule has 0 radical (unpaired) electrons. The molecular weight excluding hydrogens is 310 g/mol. The second kappa shape index (κ2) is 5.79. The van der Waals surface area contributed by atoms with E-state index in [1.165, 1.54) is 10.6 Å². The summed E-state index contributed by atoms with van der Waals surface area (Å²) in [6.07, 6.45) is 3.17. The van der Waals surface area contributed by atoms with Crippen LogP contribution >= 0.6 is 15.9 Å². The highest BCUT2D eigenvalue weighted by atomic mass is 79.9. The van der Waals surface area contributed by atoms with E-state index in [0.717, 1.165) is 0 Å². The highest BCUT2D eigenvalue weighted by Crippen LogP contribution is 2.11. The molecule has 19 heavy (non-hydrogen) atoms. The minimum Gasteiger partial charge on any atom is -0.321 e. The first-order valence-electron chi connectivity index (χ1n) is 5.73. The predicted molar refractivity (Wildman–Crippen MR) is 76.3 cm³/mol. The van der Waals surface area contributed by atoms with E-state index in [1.54, 1.807) is 30.6 Å². The summed E-state index contributed by atoms with van der Waals surface area (Å²) in [6.45, 7) is 2.43. The molecule has 2 aromatic rings. The molecule has 6 heteroatoms.